The second-order valence-corrected chi connectivity index (χ2v) is 7.78. The lowest BCUT2D eigenvalue weighted by atomic mass is 10.1. The summed E-state index contributed by atoms with van der Waals surface area (Å²) in [6, 6.07) is 15.4. The van der Waals surface area contributed by atoms with Crippen molar-refractivity contribution in [1.29, 1.82) is 0 Å². The maximum Gasteiger partial charge on any atom is 0.175 e. The highest BCUT2D eigenvalue weighted by molar-refractivity contribution is 7.16. The number of aliphatic hydroxyl groups is 1. The van der Waals surface area contributed by atoms with Gasteiger partial charge in [-0.25, -0.2) is 0 Å². The first-order valence-electron chi connectivity index (χ1n) is 9.00. The van der Waals surface area contributed by atoms with Crippen molar-refractivity contribution in [2.75, 3.05) is 13.2 Å². The van der Waals surface area contributed by atoms with Gasteiger partial charge in [0.25, 0.3) is 0 Å². The van der Waals surface area contributed by atoms with E-state index in [0.717, 1.165) is 27.2 Å². The summed E-state index contributed by atoms with van der Waals surface area (Å²) in [5.74, 6) is 1.40. The smallest absolute Gasteiger partial charge is 0.175 e. The maximum atomic E-state index is 10.6. The lowest BCUT2D eigenvalue weighted by Gasteiger charge is -2.24. The van der Waals surface area contributed by atoms with E-state index in [1.165, 1.54) is 0 Å². The highest BCUT2D eigenvalue weighted by Crippen LogP contribution is 2.33. The van der Waals surface area contributed by atoms with Crippen LogP contribution in [0.5, 0.6) is 5.75 Å². The van der Waals surface area contributed by atoms with Gasteiger partial charge in [-0.05, 0) is 42.6 Å². The summed E-state index contributed by atoms with van der Waals surface area (Å²) in [5, 5.41) is 20.9. The monoisotopic (exact) mass is 395 g/mol. The van der Waals surface area contributed by atoms with Crippen molar-refractivity contribution in [2.24, 2.45) is 0 Å². The Hall–Kier alpha value is -2.74. The zero-order valence-corrected chi connectivity index (χ0v) is 16.3. The number of benzene rings is 1. The van der Waals surface area contributed by atoms with Crippen LogP contribution in [0.3, 0.4) is 0 Å². The Labute approximate surface area is 166 Å². The third-order valence-corrected chi connectivity index (χ3v) is 5.08. The molecule has 6 nitrogen and oxygen atoms in total. The van der Waals surface area contributed by atoms with Crippen LogP contribution in [0.4, 0.5) is 0 Å². The van der Waals surface area contributed by atoms with E-state index < -0.39 is 5.60 Å². The van der Waals surface area contributed by atoms with E-state index >= 15 is 0 Å². The van der Waals surface area contributed by atoms with Gasteiger partial charge in [0.05, 0.1) is 11.1 Å². The van der Waals surface area contributed by atoms with Crippen LogP contribution in [0.25, 0.3) is 21.5 Å². The first-order chi connectivity index (χ1) is 13.6. The Morgan fingerprint density at radius 1 is 1.21 bits per heavy atom. The van der Waals surface area contributed by atoms with Gasteiger partial charge in [0.15, 0.2) is 10.6 Å². The zero-order valence-electron chi connectivity index (χ0n) is 15.5. The first-order valence-corrected chi connectivity index (χ1v) is 9.88. The molecule has 0 radical (unpaired) electrons. The van der Waals surface area contributed by atoms with E-state index in [1.807, 2.05) is 53.9 Å². The molecule has 0 aliphatic rings. The number of pyridine rings is 1. The molecule has 0 saturated carbocycles. The molecule has 3 heterocycles. The summed E-state index contributed by atoms with van der Waals surface area (Å²) in [6.45, 7) is 2.89. The quantitative estimate of drug-likeness (QED) is 0.471. The Balaban J connectivity index is 1.36. The first kappa shape index (κ1) is 18.6. The van der Waals surface area contributed by atoms with Gasteiger partial charge in [-0.1, -0.05) is 23.4 Å². The Kier molecular flexibility index (Phi) is 5.38. The van der Waals surface area contributed by atoms with Gasteiger partial charge in [0, 0.05) is 24.8 Å². The highest BCUT2D eigenvalue weighted by atomic mass is 32.1. The molecule has 28 heavy (non-hydrogen) atoms. The Bertz CT molecular complexity index is 1040. The molecule has 1 atom stereocenters. The molecular weight excluding hydrogens is 374 g/mol. The fraction of sp³-hybridized carbons (Fsp3) is 0.238. The molecule has 3 aromatic heterocycles. The normalized spacial score (nSPS) is 13.5. The van der Waals surface area contributed by atoms with Crippen LogP contribution in [-0.4, -0.2) is 34.0 Å². The van der Waals surface area contributed by atoms with Crippen LogP contribution in [0.15, 0.2) is 64.6 Å². The molecule has 0 aliphatic carbocycles. The van der Waals surface area contributed by atoms with E-state index in [0.29, 0.717) is 18.8 Å². The molecule has 0 bridgehead atoms. The van der Waals surface area contributed by atoms with Crippen LogP contribution in [-0.2, 0) is 6.54 Å². The standard InChI is InChI=1S/C21H21N3O3S/c1-21(25,13-22-12-16-6-2-3-9-23-16)14-26-17-7-4-5-15(11-17)19-18-8-10-28-20(18)24-27-19/h2-11,22,25H,12-14H2,1H3/t21-/m0/s1. The lowest BCUT2D eigenvalue weighted by Crippen LogP contribution is -2.42. The van der Waals surface area contributed by atoms with Crippen LogP contribution < -0.4 is 10.1 Å². The summed E-state index contributed by atoms with van der Waals surface area (Å²) in [7, 11) is 0. The van der Waals surface area contributed by atoms with Crippen molar-refractivity contribution >= 4 is 21.6 Å². The molecule has 144 valence electrons. The largest absolute Gasteiger partial charge is 0.491 e. The van der Waals surface area contributed by atoms with E-state index in [-0.39, 0.29) is 6.61 Å². The molecule has 7 heteroatoms. The zero-order chi connectivity index (χ0) is 19.4. The summed E-state index contributed by atoms with van der Waals surface area (Å²) in [5.41, 5.74) is 0.808. The van der Waals surface area contributed by atoms with Crippen molar-refractivity contribution in [3.05, 3.63) is 65.8 Å². The number of hydrogen-bond donors (Lipinski definition) is 2. The predicted molar refractivity (Wildman–Crippen MR) is 109 cm³/mol. The molecule has 4 aromatic rings. The molecule has 1 aromatic carbocycles. The number of nitrogens with one attached hydrogen (secondary N) is 1. The van der Waals surface area contributed by atoms with E-state index in [2.05, 4.69) is 15.5 Å². The molecule has 0 aliphatic heterocycles. The maximum absolute atomic E-state index is 10.6. The Morgan fingerprint density at radius 3 is 3.00 bits per heavy atom. The number of aromatic nitrogens is 2. The molecule has 0 unspecified atom stereocenters. The van der Waals surface area contributed by atoms with Gasteiger partial charge in [-0.3, -0.25) is 4.98 Å². The average Bonchev–Trinajstić information content (AvgIpc) is 3.31. The number of nitrogens with zero attached hydrogens (tertiary/aromatic N) is 2. The van der Waals surface area contributed by atoms with Crippen LogP contribution >= 0.6 is 11.3 Å². The highest BCUT2D eigenvalue weighted by Gasteiger charge is 2.21. The summed E-state index contributed by atoms with van der Waals surface area (Å²) < 4.78 is 11.3. The molecule has 0 spiro atoms. The summed E-state index contributed by atoms with van der Waals surface area (Å²) in [6.07, 6.45) is 1.75. The molecule has 4 rings (SSSR count). The van der Waals surface area contributed by atoms with Crippen molar-refractivity contribution in [3.63, 3.8) is 0 Å². The third-order valence-electron chi connectivity index (χ3n) is 4.29. The lowest BCUT2D eigenvalue weighted by molar-refractivity contribution is 0.0120. The van der Waals surface area contributed by atoms with Gasteiger partial charge in [-0.15, -0.1) is 11.3 Å². The molecular formula is C21H21N3O3S. The van der Waals surface area contributed by atoms with Crippen molar-refractivity contribution in [2.45, 2.75) is 19.1 Å². The van der Waals surface area contributed by atoms with Crippen LogP contribution in [0, 0.1) is 0 Å². The van der Waals surface area contributed by atoms with E-state index in [4.69, 9.17) is 9.26 Å². The molecule has 0 saturated heterocycles. The second kappa shape index (κ2) is 8.10. The topological polar surface area (TPSA) is 80.4 Å². The van der Waals surface area contributed by atoms with Gasteiger partial charge < -0.3 is 19.7 Å². The van der Waals surface area contributed by atoms with Crippen molar-refractivity contribution in [3.8, 4) is 17.1 Å². The average molecular weight is 395 g/mol. The second-order valence-electron chi connectivity index (χ2n) is 6.89. The van der Waals surface area contributed by atoms with Gasteiger partial charge in [0.2, 0.25) is 0 Å². The number of rotatable bonds is 8. The third kappa shape index (κ3) is 4.39. The van der Waals surface area contributed by atoms with E-state index in [1.54, 1.807) is 24.5 Å². The van der Waals surface area contributed by atoms with Crippen LogP contribution in [0.1, 0.15) is 12.6 Å². The SMILES string of the molecule is C[C@](O)(CNCc1ccccn1)COc1cccc(-c2onc3sccc23)c1. The fourth-order valence-corrected chi connectivity index (χ4v) is 3.57. The number of ether oxygens (including phenoxy) is 1. The fourth-order valence-electron chi connectivity index (χ4n) is 2.87. The van der Waals surface area contributed by atoms with Crippen LogP contribution in [0.2, 0.25) is 0 Å². The predicted octanol–water partition coefficient (Wildman–Crippen LogP) is 3.87. The minimum atomic E-state index is -1.02. The Morgan fingerprint density at radius 2 is 2.14 bits per heavy atom. The van der Waals surface area contributed by atoms with Gasteiger partial charge in [-0.2, -0.15) is 0 Å². The van der Waals surface area contributed by atoms with Crippen molar-refractivity contribution < 1.29 is 14.4 Å². The summed E-state index contributed by atoms with van der Waals surface area (Å²) >= 11 is 1.55. The molecule has 0 fully saturated rings. The molecule has 2 N–H and O–H groups in total. The van der Waals surface area contributed by atoms with Gasteiger partial charge >= 0.3 is 0 Å². The number of thiophene rings is 1. The summed E-state index contributed by atoms with van der Waals surface area (Å²) in [4.78, 5) is 5.13. The van der Waals surface area contributed by atoms with Crippen molar-refractivity contribution in [1.82, 2.24) is 15.5 Å². The van der Waals surface area contributed by atoms with E-state index in [9.17, 15) is 5.11 Å². The van der Waals surface area contributed by atoms with Gasteiger partial charge in [0.1, 0.15) is 18.0 Å². The number of hydrogen-bond acceptors (Lipinski definition) is 7. The minimum absolute atomic E-state index is 0.163. The number of fused-ring (bicyclic) bond motifs is 1. The molecule has 0 amide bonds. The minimum Gasteiger partial charge on any atom is -0.491 e.